The molecule has 1 atom stereocenters. The molecule has 4 nitrogen and oxygen atoms in total. The van der Waals surface area contributed by atoms with Crippen molar-refractivity contribution in [3.63, 3.8) is 0 Å². The summed E-state index contributed by atoms with van der Waals surface area (Å²) in [7, 11) is 0. The Kier molecular flexibility index (Phi) is 3.83. The third-order valence-corrected chi connectivity index (χ3v) is 3.04. The van der Waals surface area contributed by atoms with Gasteiger partial charge in [0.25, 0.3) is 5.91 Å². The predicted molar refractivity (Wildman–Crippen MR) is 68.2 cm³/mol. The molecule has 2 rings (SSSR count). The second-order valence-corrected chi connectivity index (χ2v) is 4.56. The zero-order chi connectivity index (χ0) is 14.9. The molecule has 1 aromatic heterocycles. The third-order valence-electron chi connectivity index (χ3n) is 3.04. The van der Waals surface area contributed by atoms with E-state index < -0.39 is 23.6 Å². The lowest BCUT2D eigenvalue weighted by Crippen LogP contribution is -2.28. The van der Waals surface area contributed by atoms with Crippen LogP contribution in [-0.2, 0) is 0 Å². The van der Waals surface area contributed by atoms with Crippen molar-refractivity contribution in [3.05, 3.63) is 52.4 Å². The predicted octanol–water partition coefficient (Wildman–Crippen LogP) is 3.06. The number of rotatable bonds is 3. The number of aromatic nitrogens is 1. The summed E-state index contributed by atoms with van der Waals surface area (Å²) in [5.74, 6) is -1.36. The van der Waals surface area contributed by atoms with Crippen LogP contribution in [0.5, 0.6) is 0 Å². The van der Waals surface area contributed by atoms with E-state index in [2.05, 4.69) is 10.5 Å². The Balaban J connectivity index is 2.19. The van der Waals surface area contributed by atoms with E-state index in [0.717, 1.165) is 12.1 Å². The minimum Gasteiger partial charge on any atom is -0.361 e. The Morgan fingerprint density at radius 1 is 1.35 bits per heavy atom. The van der Waals surface area contributed by atoms with Crippen molar-refractivity contribution in [3.8, 4) is 0 Å². The van der Waals surface area contributed by atoms with E-state index in [0.29, 0.717) is 17.0 Å². The highest BCUT2D eigenvalue weighted by Gasteiger charge is 2.20. The van der Waals surface area contributed by atoms with Crippen molar-refractivity contribution in [2.75, 3.05) is 0 Å². The maximum absolute atomic E-state index is 13.6. The molecule has 0 aliphatic carbocycles. The Morgan fingerprint density at radius 2 is 2.05 bits per heavy atom. The van der Waals surface area contributed by atoms with Crippen LogP contribution in [0, 0.1) is 25.5 Å². The fourth-order valence-corrected chi connectivity index (χ4v) is 2.01. The van der Waals surface area contributed by atoms with Crippen molar-refractivity contribution >= 4 is 5.91 Å². The van der Waals surface area contributed by atoms with Gasteiger partial charge in [0.1, 0.15) is 23.0 Å². The molecule has 0 aliphatic rings. The van der Waals surface area contributed by atoms with Gasteiger partial charge in [-0.15, -0.1) is 0 Å². The number of aryl methyl sites for hydroxylation is 2. The molecule has 6 heteroatoms. The Labute approximate surface area is 114 Å². The lowest BCUT2D eigenvalue weighted by Gasteiger charge is -2.15. The maximum Gasteiger partial charge on any atom is 0.257 e. The van der Waals surface area contributed by atoms with E-state index in [1.165, 1.54) is 6.07 Å². The van der Waals surface area contributed by atoms with Gasteiger partial charge in [-0.3, -0.25) is 4.79 Å². The molecule has 1 aromatic carbocycles. The number of hydrogen-bond donors (Lipinski definition) is 1. The molecule has 2 aromatic rings. The quantitative estimate of drug-likeness (QED) is 0.940. The van der Waals surface area contributed by atoms with Gasteiger partial charge in [0, 0.05) is 11.6 Å². The van der Waals surface area contributed by atoms with Gasteiger partial charge in [0.2, 0.25) is 0 Å². The minimum atomic E-state index is -0.698. The van der Waals surface area contributed by atoms with Crippen LogP contribution in [0.3, 0.4) is 0 Å². The van der Waals surface area contributed by atoms with Crippen molar-refractivity contribution in [1.82, 2.24) is 10.5 Å². The van der Waals surface area contributed by atoms with Crippen LogP contribution in [0.2, 0.25) is 0 Å². The van der Waals surface area contributed by atoms with Gasteiger partial charge in [-0.1, -0.05) is 11.2 Å². The van der Waals surface area contributed by atoms with Crippen LogP contribution in [0.1, 0.15) is 40.3 Å². The standard InChI is InChI=1S/C14H14F2N2O2/c1-7(11-5-4-10(15)6-12(11)16)17-14(19)13-8(2)18-20-9(13)3/h4-7H,1-3H3,(H,17,19). The summed E-state index contributed by atoms with van der Waals surface area (Å²) in [6, 6.07) is 2.64. The number of nitrogens with one attached hydrogen (secondary N) is 1. The van der Waals surface area contributed by atoms with Crippen LogP contribution in [0.4, 0.5) is 8.78 Å². The van der Waals surface area contributed by atoms with E-state index in [9.17, 15) is 13.6 Å². The SMILES string of the molecule is Cc1noc(C)c1C(=O)NC(C)c1ccc(F)cc1F. The van der Waals surface area contributed by atoms with E-state index in [1.54, 1.807) is 20.8 Å². The Bertz CT molecular complexity index is 633. The smallest absolute Gasteiger partial charge is 0.257 e. The molecule has 1 heterocycles. The van der Waals surface area contributed by atoms with Gasteiger partial charge in [0.15, 0.2) is 0 Å². The molecule has 0 fully saturated rings. The first kappa shape index (κ1) is 14.2. The van der Waals surface area contributed by atoms with Gasteiger partial charge in [-0.2, -0.15) is 0 Å². The highest BCUT2D eigenvalue weighted by molar-refractivity contribution is 5.96. The fraction of sp³-hybridized carbons (Fsp3) is 0.286. The summed E-state index contributed by atoms with van der Waals surface area (Å²) in [4.78, 5) is 12.1. The van der Waals surface area contributed by atoms with E-state index >= 15 is 0 Å². The summed E-state index contributed by atoms with van der Waals surface area (Å²) < 4.78 is 31.4. The summed E-state index contributed by atoms with van der Waals surface area (Å²) in [6.07, 6.45) is 0. The first-order valence-electron chi connectivity index (χ1n) is 6.09. The minimum absolute atomic E-state index is 0.214. The van der Waals surface area contributed by atoms with Gasteiger partial charge < -0.3 is 9.84 Å². The third kappa shape index (κ3) is 2.68. The lowest BCUT2D eigenvalue weighted by molar-refractivity contribution is 0.0937. The number of nitrogens with zero attached hydrogens (tertiary/aromatic N) is 1. The molecular formula is C14H14F2N2O2. The topological polar surface area (TPSA) is 55.1 Å². The maximum atomic E-state index is 13.6. The second-order valence-electron chi connectivity index (χ2n) is 4.56. The molecule has 0 saturated carbocycles. The van der Waals surface area contributed by atoms with Crippen molar-refractivity contribution < 1.29 is 18.1 Å². The van der Waals surface area contributed by atoms with E-state index in [-0.39, 0.29) is 5.56 Å². The van der Waals surface area contributed by atoms with Gasteiger partial charge in [0.05, 0.1) is 11.7 Å². The Morgan fingerprint density at radius 3 is 2.60 bits per heavy atom. The number of carbonyl (C=O) groups excluding carboxylic acids is 1. The molecule has 20 heavy (non-hydrogen) atoms. The van der Waals surface area contributed by atoms with Crippen LogP contribution in [0.25, 0.3) is 0 Å². The van der Waals surface area contributed by atoms with Gasteiger partial charge in [-0.25, -0.2) is 8.78 Å². The number of carbonyl (C=O) groups is 1. The van der Waals surface area contributed by atoms with Crippen LogP contribution < -0.4 is 5.32 Å². The van der Waals surface area contributed by atoms with E-state index in [1.807, 2.05) is 0 Å². The first-order chi connectivity index (χ1) is 9.40. The number of benzene rings is 1. The molecule has 0 bridgehead atoms. The molecule has 0 aliphatic heterocycles. The fourth-order valence-electron chi connectivity index (χ4n) is 2.01. The van der Waals surface area contributed by atoms with Gasteiger partial charge in [-0.05, 0) is 26.8 Å². The van der Waals surface area contributed by atoms with Crippen molar-refractivity contribution in [2.24, 2.45) is 0 Å². The molecule has 1 amide bonds. The molecule has 0 spiro atoms. The van der Waals surface area contributed by atoms with E-state index in [4.69, 9.17) is 4.52 Å². The average Bonchev–Trinajstić information content (AvgIpc) is 2.68. The van der Waals surface area contributed by atoms with Crippen LogP contribution in [0.15, 0.2) is 22.7 Å². The number of halogens is 2. The molecule has 0 radical (unpaired) electrons. The highest BCUT2D eigenvalue weighted by Crippen LogP contribution is 2.19. The molecule has 1 N–H and O–H groups in total. The number of hydrogen-bond acceptors (Lipinski definition) is 3. The van der Waals surface area contributed by atoms with Gasteiger partial charge >= 0.3 is 0 Å². The highest BCUT2D eigenvalue weighted by atomic mass is 19.1. The van der Waals surface area contributed by atoms with Crippen molar-refractivity contribution in [1.29, 1.82) is 0 Å². The lowest BCUT2D eigenvalue weighted by atomic mass is 10.1. The summed E-state index contributed by atoms with van der Waals surface area (Å²) >= 11 is 0. The Hall–Kier alpha value is -2.24. The van der Waals surface area contributed by atoms with Crippen LogP contribution in [-0.4, -0.2) is 11.1 Å². The zero-order valence-electron chi connectivity index (χ0n) is 11.3. The zero-order valence-corrected chi connectivity index (χ0v) is 11.3. The average molecular weight is 280 g/mol. The largest absolute Gasteiger partial charge is 0.361 e. The number of amides is 1. The normalized spacial score (nSPS) is 12.2. The first-order valence-corrected chi connectivity index (χ1v) is 6.09. The summed E-state index contributed by atoms with van der Waals surface area (Å²) in [5.41, 5.74) is 1.01. The summed E-state index contributed by atoms with van der Waals surface area (Å²) in [5, 5.41) is 6.33. The molecule has 0 saturated heterocycles. The van der Waals surface area contributed by atoms with Crippen molar-refractivity contribution in [2.45, 2.75) is 26.8 Å². The molecule has 1 unspecified atom stereocenters. The molecular weight excluding hydrogens is 266 g/mol. The van der Waals surface area contributed by atoms with Crippen LogP contribution >= 0.6 is 0 Å². The summed E-state index contributed by atoms with van der Waals surface area (Å²) in [6.45, 7) is 4.89. The molecule has 106 valence electrons. The monoisotopic (exact) mass is 280 g/mol. The second kappa shape index (κ2) is 5.40.